The van der Waals surface area contributed by atoms with Gasteiger partial charge in [-0.25, -0.2) is 4.98 Å². The van der Waals surface area contributed by atoms with Crippen LogP contribution in [0.5, 0.6) is 0 Å². The number of benzene rings is 1. The lowest BCUT2D eigenvalue weighted by molar-refractivity contribution is 0.795. The molecule has 1 heterocycles. The minimum Gasteiger partial charge on any atom is -0.240 e. The number of halogens is 1. The summed E-state index contributed by atoms with van der Waals surface area (Å²) >= 11 is 5.03. The maximum absolute atomic E-state index is 9.01. The lowest BCUT2D eigenvalue weighted by atomic mass is 10.1. The molecule has 17 heavy (non-hydrogen) atoms. The van der Waals surface area contributed by atoms with Gasteiger partial charge in [0.05, 0.1) is 17.7 Å². The molecule has 2 rings (SSSR count). The van der Waals surface area contributed by atoms with Gasteiger partial charge in [-0.1, -0.05) is 35.0 Å². The molecule has 1 aromatic carbocycles. The second kappa shape index (κ2) is 5.44. The Morgan fingerprint density at radius 2 is 2.35 bits per heavy atom. The summed E-state index contributed by atoms with van der Waals surface area (Å²) in [5, 5.41) is 12.0. The van der Waals surface area contributed by atoms with E-state index in [1.807, 2.05) is 36.6 Å². The quantitative estimate of drug-likeness (QED) is 0.831. The van der Waals surface area contributed by atoms with Gasteiger partial charge in [-0.2, -0.15) is 5.26 Å². The molecule has 2 aromatic rings. The zero-order valence-corrected chi connectivity index (χ0v) is 11.8. The molecule has 1 atom stereocenters. The van der Waals surface area contributed by atoms with Crippen molar-refractivity contribution in [3.63, 3.8) is 0 Å². The van der Waals surface area contributed by atoms with Gasteiger partial charge >= 0.3 is 0 Å². The molecule has 0 saturated heterocycles. The molecule has 0 aliphatic heterocycles. The summed E-state index contributed by atoms with van der Waals surface area (Å²) in [7, 11) is 0. The highest BCUT2D eigenvalue weighted by atomic mass is 79.9. The Morgan fingerprint density at radius 3 is 3.00 bits per heavy atom. The monoisotopic (exact) mass is 306 g/mol. The second-order valence-corrected chi connectivity index (χ2v) is 5.45. The number of hydrogen-bond acceptors (Lipinski definition) is 3. The van der Waals surface area contributed by atoms with Crippen LogP contribution in [0, 0.1) is 11.3 Å². The Kier molecular flexibility index (Phi) is 3.93. The first-order valence-electron chi connectivity index (χ1n) is 5.35. The van der Waals surface area contributed by atoms with Gasteiger partial charge in [0, 0.05) is 15.4 Å². The van der Waals surface area contributed by atoms with Gasteiger partial charge in [0.1, 0.15) is 5.01 Å². The highest BCUT2D eigenvalue weighted by Gasteiger charge is 2.13. The van der Waals surface area contributed by atoms with Crippen LogP contribution in [0.15, 0.2) is 34.1 Å². The summed E-state index contributed by atoms with van der Waals surface area (Å²) in [6, 6.07) is 10.3. The van der Waals surface area contributed by atoms with Gasteiger partial charge in [0.2, 0.25) is 0 Å². The second-order valence-electron chi connectivity index (χ2n) is 3.68. The van der Waals surface area contributed by atoms with Crippen molar-refractivity contribution in [1.82, 2.24) is 4.98 Å². The fourth-order valence-electron chi connectivity index (χ4n) is 1.57. The Balaban J connectivity index is 2.33. The van der Waals surface area contributed by atoms with Crippen LogP contribution in [0.1, 0.15) is 25.0 Å². The van der Waals surface area contributed by atoms with E-state index in [1.165, 1.54) is 0 Å². The highest BCUT2D eigenvalue weighted by molar-refractivity contribution is 9.10. The van der Waals surface area contributed by atoms with E-state index in [1.54, 1.807) is 11.3 Å². The average molecular weight is 307 g/mol. The maximum atomic E-state index is 9.01. The van der Waals surface area contributed by atoms with Crippen LogP contribution in [0.25, 0.3) is 10.6 Å². The van der Waals surface area contributed by atoms with E-state index in [9.17, 15) is 0 Å². The van der Waals surface area contributed by atoms with Crippen LogP contribution in [0.2, 0.25) is 0 Å². The van der Waals surface area contributed by atoms with Gasteiger partial charge in [0.15, 0.2) is 0 Å². The third-order valence-electron chi connectivity index (χ3n) is 2.51. The molecule has 4 heteroatoms. The van der Waals surface area contributed by atoms with E-state index >= 15 is 0 Å². The van der Waals surface area contributed by atoms with Crippen LogP contribution in [0.3, 0.4) is 0 Å². The highest BCUT2D eigenvalue weighted by Crippen LogP contribution is 2.29. The van der Waals surface area contributed by atoms with Gasteiger partial charge in [-0.15, -0.1) is 11.3 Å². The van der Waals surface area contributed by atoms with Crippen molar-refractivity contribution in [2.45, 2.75) is 19.3 Å². The van der Waals surface area contributed by atoms with Crippen molar-refractivity contribution >= 4 is 27.3 Å². The van der Waals surface area contributed by atoms with Crippen LogP contribution >= 0.6 is 27.3 Å². The van der Waals surface area contributed by atoms with E-state index in [-0.39, 0.29) is 5.92 Å². The third kappa shape index (κ3) is 2.74. The smallest absolute Gasteiger partial charge is 0.123 e. The van der Waals surface area contributed by atoms with Crippen molar-refractivity contribution in [3.8, 4) is 16.6 Å². The first-order valence-corrected chi connectivity index (χ1v) is 7.03. The number of nitriles is 1. The van der Waals surface area contributed by atoms with Crippen LogP contribution < -0.4 is 0 Å². The normalized spacial score (nSPS) is 12.1. The molecule has 0 radical (unpaired) electrons. The first-order chi connectivity index (χ1) is 8.24. The van der Waals surface area contributed by atoms with Crippen molar-refractivity contribution in [2.75, 3.05) is 0 Å². The SMILES string of the molecule is CCC(C#N)c1csc(-c2cccc(Br)c2)n1. The van der Waals surface area contributed by atoms with Crippen LogP contribution in [-0.2, 0) is 0 Å². The maximum Gasteiger partial charge on any atom is 0.123 e. The molecule has 0 fully saturated rings. The van der Waals surface area contributed by atoms with Gasteiger partial charge in [0.25, 0.3) is 0 Å². The molecular formula is C13H11BrN2S. The number of rotatable bonds is 3. The van der Waals surface area contributed by atoms with Crippen molar-refractivity contribution in [1.29, 1.82) is 5.26 Å². The predicted octanol–water partition coefficient (Wildman–Crippen LogP) is 4.59. The topological polar surface area (TPSA) is 36.7 Å². The Hall–Kier alpha value is -1.18. The van der Waals surface area contributed by atoms with E-state index in [2.05, 4.69) is 27.0 Å². The molecule has 0 bridgehead atoms. The van der Waals surface area contributed by atoms with Crippen LogP contribution in [-0.4, -0.2) is 4.98 Å². The third-order valence-corrected chi connectivity index (χ3v) is 3.92. The van der Waals surface area contributed by atoms with Crippen molar-refractivity contribution in [3.05, 3.63) is 39.8 Å². The lowest BCUT2D eigenvalue weighted by Crippen LogP contribution is -1.93. The van der Waals surface area contributed by atoms with Gasteiger partial charge < -0.3 is 0 Å². The van der Waals surface area contributed by atoms with Crippen LogP contribution in [0.4, 0.5) is 0 Å². The summed E-state index contributed by atoms with van der Waals surface area (Å²) in [5.41, 5.74) is 1.97. The molecule has 0 amide bonds. The van der Waals surface area contributed by atoms with Crippen molar-refractivity contribution in [2.24, 2.45) is 0 Å². The van der Waals surface area contributed by atoms with Crippen molar-refractivity contribution < 1.29 is 0 Å². The van der Waals surface area contributed by atoms with E-state index in [4.69, 9.17) is 5.26 Å². The summed E-state index contributed by atoms with van der Waals surface area (Å²) in [6.07, 6.45) is 0.804. The Bertz CT molecular complexity index is 557. The number of hydrogen-bond donors (Lipinski definition) is 0. The fourth-order valence-corrected chi connectivity index (χ4v) is 2.84. The zero-order chi connectivity index (χ0) is 12.3. The average Bonchev–Trinajstić information content (AvgIpc) is 2.80. The van der Waals surface area contributed by atoms with Gasteiger partial charge in [-0.3, -0.25) is 0 Å². The largest absolute Gasteiger partial charge is 0.240 e. The van der Waals surface area contributed by atoms with E-state index in [0.717, 1.165) is 27.2 Å². The van der Waals surface area contributed by atoms with E-state index in [0.29, 0.717) is 0 Å². The minimum atomic E-state index is -0.0906. The zero-order valence-electron chi connectivity index (χ0n) is 9.35. The lowest BCUT2D eigenvalue weighted by Gasteiger charge is -2.00. The number of thiazole rings is 1. The molecule has 0 aliphatic carbocycles. The summed E-state index contributed by atoms with van der Waals surface area (Å²) in [5.74, 6) is -0.0906. The molecular weight excluding hydrogens is 296 g/mol. The molecule has 0 N–H and O–H groups in total. The molecule has 0 spiro atoms. The minimum absolute atomic E-state index is 0.0906. The molecule has 86 valence electrons. The Labute approximate surface area is 113 Å². The van der Waals surface area contributed by atoms with E-state index < -0.39 is 0 Å². The predicted molar refractivity (Wildman–Crippen MR) is 73.9 cm³/mol. The summed E-state index contributed by atoms with van der Waals surface area (Å²) in [6.45, 7) is 2.01. The summed E-state index contributed by atoms with van der Waals surface area (Å²) < 4.78 is 1.04. The van der Waals surface area contributed by atoms with Gasteiger partial charge in [-0.05, 0) is 18.6 Å². The Morgan fingerprint density at radius 1 is 1.53 bits per heavy atom. The molecule has 1 unspecified atom stereocenters. The molecule has 1 aromatic heterocycles. The molecule has 0 aliphatic rings. The standard InChI is InChI=1S/C13H11BrN2S/c1-2-9(7-15)12-8-17-13(16-12)10-4-3-5-11(14)6-10/h3-6,8-9H,2H2,1H3. The number of nitrogens with zero attached hydrogens (tertiary/aromatic N) is 2. The molecule has 2 nitrogen and oxygen atoms in total. The first kappa shape index (κ1) is 12.3. The molecule has 0 saturated carbocycles. The number of aromatic nitrogens is 1. The summed E-state index contributed by atoms with van der Waals surface area (Å²) in [4.78, 5) is 4.54. The fraction of sp³-hybridized carbons (Fsp3) is 0.231.